The minimum atomic E-state index is 0.588. The fourth-order valence-electron chi connectivity index (χ4n) is 1.60. The first-order valence-electron chi connectivity index (χ1n) is 5.30. The summed E-state index contributed by atoms with van der Waals surface area (Å²) in [6, 6.07) is 11.6. The molecule has 0 aliphatic carbocycles. The summed E-state index contributed by atoms with van der Waals surface area (Å²) in [7, 11) is 1.60. The Morgan fingerprint density at radius 3 is 2.83 bits per heavy atom. The number of ether oxygens (including phenoxy) is 1. The van der Waals surface area contributed by atoms with Gasteiger partial charge in [0.2, 0.25) is 0 Å². The van der Waals surface area contributed by atoms with Crippen LogP contribution in [-0.2, 0) is 6.54 Å². The Labute approximate surface area is 118 Å². The third-order valence-electron chi connectivity index (χ3n) is 2.43. The van der Waals surface area contributed by atoms with Gasteiger partial charge in [0.1, 0.15) is 11.8 Å². The molecule has 0 radical (unpaired) electrons. The van der Waals surface area contributed by atoms with Crippen LogP contribution in [0.15, 0.2) is 34.1 Å². The van der Waals surface area contributed by atoms with Crippen molar-refractivity contribution in [1.82, 2.24) is 0 Å². The highest BCUT2D eigenvalue weighted by atomic mass is 79.9. The Morgan fingerprint density at radius 2 is 2.22 bits per heavy atom. The van der Waals surface area contributed by atoms with Gasteiger partial charge in [-0.25, -0.2) is 0 Å². The molecule has 2 rings (SSSR count). The first-order chi connectivity index (χ1) is 8.74. The van der Waals surface area contributed by atoms with Gasteiger partial charge in [0.25, 0.3) is 0 Å². The lowest BCUT2D eigenvalue weighted by Gasteiger charge is -2.11. The van der Waals surface area contributed by atoms with Crippen LogP contribution in [0.4, 0.5) is 5.69 Å². The average Bonchev–Trinajstić information content (AvgIpc) is 2.81. The molecule has 92 valence electrons. The van der Waals surface area contributed by atoms with Gasteiger partial charge in [-0.15, -0.1) is 11.3 Å². The van der Waals surface area contributed by atoms with Crippen molar-refractivity contribution in [2.75, 3.05) is 12.4 Å². The number of benzene rings is 1. The van der Waals surface area contributed by atoms with Crippen molar-refractivity contribution in [3.63, 3.8) is 0 Å². The smallest absolute Gasteiger partial charge is 0.143 e. The first-order valence-corrected chi connectivity index (χ1v) is 6.90. The van der Waals surface area contributed by atoms with E-state index in [4.69, 9.17) is 10.00 Å². The van der Waals surface area contributed by atoms with Crippen LogP contribution in [0, 0.1) is 11.3 Å². The van der Waals surface area contributed by atoms with Crippen LogP contribution in [-0.4, -0.2) is 7.11 Å². The van der Waals surface area contributed by atoms with Crippen molar-refractivity contribution in [2.24, 2.45) is 0 Å². The maximum atomic E-state index is 9.09. The van der Waals surface area contributed by atoms with Gasteiger partial charge in [-0.05, 0) is 40.2 Å². The number of hydrogen-bond donors (Lipinski definition) is 1. The number of halogens is 1. The Bertz CT molecular complexity index is 589. The molecule has 0 atom stereocenters. The van der Waals surface area contributed by atoms with E-state index in [9.17, 15) is 0 Å². The highest BCUT2D eigenvalue weighted by Gasteiger charge is 2.08. The van der Waals surface area contributed by atoms with E-state index in [1.54, 1.807) is 24.5 Å². The lowest BCUT2D eigenvalue weighted by atomic mass is 10.2. The molecule has 1 heterocycles. The van der Waals surface area contributed by atoms with Crippen LogP contribution in [0.1, 0.15) is 10.4 Å². The largest absolute Gasteiger partial charge is 0.495 e. The Kier molecular flexibility index (Phi) is 4.24. The molecule has 1 aromatic carbocycles. The molecule has 3 nitrogen and oxygen atoms in total. The van der Waals surface area contributed by atoms with E-state index in [0.717, 1.165) is 9.47 Å². The van der Waals surface area contributed by atoms with Gasteiger partial charge >= 0.3 is 0 Å². The molecular weight excluding hydrogens is 312 g/mol. The number of anilines is 1. The third-order valence-corrected chi connectivity index (χ3v) is 4.06. The molecule has 0 amide bonds. The number of nitrogens with one attached hydrogen (secondary N) is 1. The van der Waals surface area contributed by atoms with Gasteiger partial charge in [-0.1, -0.05) is 6.07 Å². The topological polar surface area (TPSA) is 45.0 Å². The second kappa shape index (κ2) is 5.89. The maximum absolute atomic E-state index is 9.09. The van der Waals surface area contributed by atoms with Crippen molar-refractivity contribution < 1.29 is 4.74 Å². The zero-order chi connectivity index (χ0) is 13.0. The number of nitriles is 1. The van der Waals surface area contributed by atoms with Gasteiger partial charge < -0.3 is 10.1 Å². The van der Waals surface area contributed by atoms with E-state index in [1.807, 2.05) is 24.3 Å². The van der Waals surface area contributed by atoms with E-state index in [0.29, 0.717) is 17.9 Å². The van der Waals surface area contributed by atoms with Crippen molar-refractivity contribution in [3.8, 4) is 11.8 Å². The monoisotopic (exact) mass is 322 g/mol. The summed E-state index contributed by atoms with van der Waals surface area (Å²) in [5.41, 5.74) is 1.33. The van der Waals surface area contributed by atoms with E-state index in [-0.39, 0.29) is 0 Å². The number of rotatable bonds is 4. The number of nitrogens with zero attached hydrogens (tertiary/aromatic N) is 1. The molecule has 5 heteroatoms. The molecule has 0 aliphatic rings. The molecule has 18 heavy (non-hydrogen) atoms. The average molecular weight is 323 g/mol. The molecule has 0 bridgehead atoms. The standard InChI is InChI=1S/C13H11BrN2OS/c1-17-11-4-2-3-9(7-15)13(11)16-8-10-5-6-12(14)18-10/h2-6,16H,8H2,1H3. The van der Waals surface area contributed by atoms with E-state index >= 15 is 0 Å². The van der Waals surface area contributed by atoms with Crippen LogP contribution < -0.4 is 10.1 Å². The van der Waals surface area contributed by atoms with Gasteiger partial charge in [0, 0.05) is 11.4 Å². The molecule has 1 aromatic heterocycles. The van der Waals surface area contributed by atoms with Crippen molar-refractivity contribution in [3.05, 3.63) is 44.6 Å². The van der Waals surface area contributed by atoms with Crippen LogP contribution in [0.5, 0.6) is 5.75 Å². The SMILES string of the molecule is COc1cccc(C#N)c1NCc1ccc(Br)s1. The number of para-hydroxylation sites is 1. The van der Waals surface area contributed by atoms with Crippen LogP contribution in [0.25, 0.3) is 0 Å². The number of hydrogen-bond acceptors (Lipinski definition) is 4. The van der Waals surface area contributed by atoms with Crippen LogP contribution in [0.2, 0.25) is 0 Å². The van der Waals surface area contributed by atoms with E-state index in [2.05, 4.69) is 27.3 Å². The summed E-state index contributed by atoms with van der Waals surface area (Å²) in [4.78, 5) is 1.19. The minimum absolute atomic E-state index is 0.588. The Hall–Kier alpha value is -1.51. The zero-order valence-corrected chi connectivity index (χ0v) is 12.1. The highest BCUT2D eigenvalue weighted by Crippen LogP contribution is 2.29. The van der Waals surface area contributed by atoms with E-state index < -0.39 is 0 Å². The molecule has 1 N–H and O–H groups in total. The second-order valence-corrected chi connectivity index (χ2v) is 6.10. The summed E-state index contributed by atoms with van der Waals surface area (Å²) < 4.78 is 6.36. The Balaban J connectivity index is 2.20. The molecule has 0 saturated heterocycles. The fourth-order valence-corrected chi connectivity index (χ4v) is 3.02. The quantitative estimate of drug-likeness (QED) is 0.925. The van der Waals surface area contributed by atoms with Gasteiger partial charge in [0.15, 0.2) is 0 Å². The van der Waals surface area contributed by atoms with Crippen LogP contribution >= 0.6 is 27.3 Å². The van der Waals surface area contributed by atoms with Gasteiger partial charge in [-0.2, -0.15) is 5.26 Å². The summed E-state index contributed by atoms with van der Waals surface area (Å²) in [6.45, 7) is 0.672. The summed E-state index contributed by atoms with van der Waals surface area (Å²) in [5, 5.41) is 12.3. The minimum Gasteiger partial charge on any atom is -0.495 e. The maximum Gasteiger partial charge on any atom is 0.143 e. The fraction of sp³-hybridized carbons (Fsp3) is 0.154. The highest BCUT2D eigenvalue weighted by molar-refractivity contribution is 9.11. The molecule has 0 aliphatic heterocycles. The van der Waals surface area contributed by atoms with Crippen molar-refractivity contribution >= 4 is 33.0 Å². The summed E-state index contributed by atoms with van der Waals surface area (Å²) in [6.07, 6.45) is 0. The van der Waals surface area contributed by atoms with Crippen LogP contribution in [0.3, 0.4) is 0 Å². The molecule has 0 spiro atoms. The zero-order valence-electron chi connectivity index (χ0n) is 9.74. The normalized spacial score (nSPS) is 9.83. The lowest BCUT2D eigenvalue weighted by molar-refractivity contribution is 0.416. The molecule has 0 saturated carbocycles. The predicted molar refractivity (Wildman–Crippen MR) is 77.1 cm³/mol. The predicted octanol–water partition coefficient (Wildman–Crippen LogP) is 4.00. The molecule has 0 fully saturated rings. The lowest BCUT2D eigenvalue weighted by Crippen LogP contribution is -2.02. The molecule has 2 aromatic rings. The number of thiophene rings is 1. The second-order valence-electron chi connectivity index (χ2n) is 3.55. The summed E-state index contributed by atoms with van der Waals surface area (Å²) in [5.74, 6) is 0.685. The summed E-state index contributed by atoms with van der Waals surface area (Å²) >= 11 is 5.09. The van der Waals surface area contributed by atoms with Crippen molar-refractivity contribution in [2.45, 2.75) is 6.54 Å². The van der Waals surface area contributed by atoms with Crippen molar-refractivity contribution in [1.29, 1.82) is 5.26 Å². The molecular formula is C13H11BrN2OS. The van der Waals surface area contributed by atoms with Gasteiger partial charge in [-0.3, -0.25) is 0 Å². The number of methoxy groups -OCH3 is 1. The first kappa shape index (κ1) is 12.9. The molecule has 0 unspecified atom stereocenters. The van der Waals surface area contributed by atoms with E-state index in [1.165, 1.54) is 4.88 Å². The third kappa shape index (κ3) is 2.84. The van der Waals surface area contributed by atoms with Gasteiger partial charge in [0.05, 0.1) is 22.1 Å². The Morgan fingerprint density at radius 1 is 1.39 bits per heavy atom.